The van der Waals surface area contributed by atoms with E-state index in [1.165, 1.54) is 24.4 Å². The normalized spacial score (nSPS) is 10.6. The zero-order valence-corrected chi connectivity index (χ0v) is 18.1. The van der Waals surface area contributed by atoms with Gasteiger partial charge in [0.05, 0.1) is 5.69 Å². The predicted molar refractivity (Wildman–Crippen MR) is 118 cm³/mol. The Morgan fingerprint density at radius 2 is 1.83 bits per heavy atom. The quantitative estimate of drug-likeness (QED) is 0.569. The van der Waals surface area contributed by atoms with Crippen LogP contribution in [0.1, 0.15) is 28.9 Å². The number of nitrogens with one attached hydrogen (secondary N) is 2. The number of thioether (sulfide) groups is 1. The van der Waals surface area contributed by atoms with Gasteiger partial charge in [-0.3, -0.25) is 14.7 Å². The van der Waals surface area contributed by atoms with Crippen LogP contribution in [0.25, 0.3) is 5.69 Å². The molecule has 2 aromatic carbocycles. The van der Waals surface area contributed by atoms with E-state index in [-0.39, 0.29) is 12.3 Å². The highest BCUT2D eigenvalue weighted by atomic mass is 32.2. The molecule has 0 aliphatic rings. The number of urea groups is 1. The van der Waals surface area contributed by atoms with Gasteiger partial charge in [-0.2, -0.15) is 0 Å². The van der Waals surface area contributed by atoms with Gasteiger partial charge in [0.15, 0.2) is 5.16 Å². The van der Waals surface area contributed by atoms with Crippen LogP contribution in [0.3, 0.4) is 0 Å². The molecule has 0 atom stereocenters. The fourth-order valence-corrected chi connectivity index (χ4v) is 3.97. The van der Waals surface area contributed by atoms with E-state index in [4.69, 9.17) is 0 Å². The second-order valence-electron chi connectivity index (χ2n) is 6.91. The molecular weight excluding hydrogens is 398 g/mol. The molecule has 156 valence electrons. The summed E-state index contributed by atoms with van der Waals surface area (Å²) in [7, 11) is 1.47. The summed E-state index contributed by atoms with van der Waals surface area (Å²) in [5.74, 6) is 0.992. The largest absolute Gasteiger partial charge is 0.341 e. The number of hydrogen-bond acceptors (Lipinski definition) is 5. The van der Waals surface area contributed by atoms with Gasteiger partial charge in [-0.1, -0.05) is 59.8 Å². The smallest absolute Gasteiger partial charge is 0.321 e. The number of benzene rings is 2. The Kier molecular flexibility index (Phi) is 7.24. The van der Waals surface area contributed by atoms with Crippen LogP contribution < -0.4 is 10.6 Å². The highest BCUT2D eigenvalue weighted by molar-refractivity contribution is 7.99. The zero-order chi connectivity index (χ0) is 21.5. The summed E-state index contributed by atoms with van der Waals surface area (Å²) in [6.07, 6.45) is 0.852. The molecule has 0 fully saturated rings. The molecule has 0 spiro atoms. The van der Waals surface area contributed by atoms with Crippen LogP contribution in [0.2, 0.25) is 0 Å². The first kappa shape index (κ1) is 21.6. The molecule has 0 bridgehead atoms. The van der Waals surface area contributed by atoms with Crippen molar-refractivity contribution in [3.8, 4) is 5.69 Å². The van der Waals surface area contributed by atoms with Crippen molar-refractivity contribution >= 4 is 23.7 Å². The van der Waals surface area contributed by atoms with E-state index in [2.05, 4.69) is 69.6 Å². The number of aromatic nitrogens is 3. The molecule has 3 amide bonds. The van der Waals surface area contributed by atoms with Crippen molar-refractivity contribution in [3.63, 3.8) is 0 Å². The third-order valence-corrected chi connectivity index (χ3v) is 5.47. The molecular formula is C22H25N5O2S. The van der Waals surface area contributed by atoms with E-state index in [0.717, 1.165) is 27.8 Å². The Morgan fingerprint density at radius 3 is 2.53 bits per heavy atom. The summed E-state index contributed by atoms with van der Waals surface area (Å²) >= 11 is 1.45. The van der Waals surface area contributed by atoms with Crippen LogP contribution in [0.5, 0.6) is 0 Å². The highest BCUT2D eigenvalue weighted by Gasteiger charge is 2.17. The van der Waals surface area contributed by atoms with Gasteiger partial charge < -0.3 is 5.32 Å². The van der Waals surface area contributed by atoms with Crippen LogP contribution in [-0.2, 0) is 11.2 Å². The monoisotopic (exact) mass is 423 g/mol. The van der Waals surface area contributed by atoms with Gasteiger partial charge >= 0.3 is 6.03 Å². The van der Waals surface area contributed by atoms with Gasteiger partial charge in [0.2, 0.25) is 5.91 Å². The number of rotatable bonds is 7. The Hall–Kier alpha value is -3.13. The van der Waals surface area contributed by atoms with E-state index in [1.807, 2.05) is 18.2 Å². The lowest BCUT2D eigenvalue weighted by molar-refractivity contribution is -0.119. The minimum Gasteiger partial charge on any atom is -0.341 e. The molecule has 8 heteroatoms. The summed E-state index contributed by atoms with van der Waals surface area (Å²) in [6, 6.07) is 15.9. The number of amides is 3. The van der Waals surface area contributed by atoms with Crippen LogP contribution >= 0.6 is 11.8 Å². The fourth-order valence-electron chi connectivity index (χ4n) is 3.07. The fraction of sp³-hybridized carbons (Fsp3) is 0.273. The molecule has 1 aromatic heterocycles. The maximum atomic E-state index is 11.9. The van der Waals surface area contributed by atoms with E-state index in [9.17, 15) is 9.59 Å². The second kappa shape index (κ2) is 10.1. The van der Waals surface area contributed by atoms with Crippen LogP contribution in [-0.4, -0.2) is 39.5 Å². The standard InChI is InChI=1S/C22H25N5O2S/c1-15-9-10-18(16(2)13-15)27-19(14-17-7-5-4-6-8-17)25-26-22(27)30-12-11-20(28)24-21(29)23-3/h4-10,13H,11-12,14H2,1-3H3,(H2,23,24,28,29). The Balaban J connectivity index is 1.84. The lowest BCUT2D eigenvalue weighted by atomic mass is 10.1. The first-order valence-corrected chi connectivity index (χ1v) is 10.7. The van der Waals surface area contributed by atoms with E-state index >= 15 is 0 Å². The van der Waals surface area contributed by atoms with Crippen molar-refractivity contribution in [2.45, 2.75) is 31.8 Å². The molecule has 0 unspecified atom stereocenters. The third-order valence-electron chi connectivity index (χ3n) is 4.54. The van der Waals surface area contributed by atoms with Crippen molar-refractivity contribution in [2.24, 2.45) is 0 Å². The Labute approximate surface area is 180 Å². The van der Waals surface area contributed by atoms with Crippen molar-refractivity contribution < 1.29 is 9.59 Å². The molecule has 0 aliphatic carbocycles. The molecule has 3 aromatic rings. The molecule has 7 nitrogen and oxygen atoms in total. The number of nitrogens with zero attached hydrogens (tertiary/aromatic N) is 3. The SMILES string of the molecule is CNC(=O)NC(=O)CCSc1nnc(Cc2ccccc2)n1-c1ccc(C)cc1C. The molecule has 0 aliphatic heterocycles. The second-order valence-corrected chi connectivity index (χ2v) is 7.97. The summed E-state index contributed by atoms with van der Waals surface area (Å²) in [5.41, 5.74) is 4.49. The number of hydrogen-bond donors (Lipinski definition) is 2. The number of aryl methyl sites for hydroxylation is 2. The van der Waals surface area contributed by atoms with E-state index in [1.54, 1.807) is 0 Å². The first-order chi connectivity index (χ1) is 14.5. The van der Waals surface area contributed by atoms with Crippen molar-refractivity contribution in [1.29, 1.82) is 0 Å². The van der Waals surface area contributed by atoms with Gasteiger partial charge in [-0.05, 0) is 31.0 Å². The van der Waals surface area contributed by atoms with Gasteiger partial charge in [-0.15, -0.1) is 10.2 Å². The summed E-state index contributed by atoms with van der Waals surface area (Å²) in [4.78, 5) is 23.1. The van der Waals surface area contributed by atoms with Crippen LogP contribution in [0, 0.1) is 13.8 Å². The maximum absolute atomic E-state index is 11.9. The average molecular weight is 424 g/mol. The van der Waals surface area contributed by atoms with Crippen LogP contribution in [0.4, 0.5) is 4.79 Å². The van der Waals surface area contributed by atoms with E-state index in [0.29, 0.717) is 12.2 Å². The number of imide groups is 1. The molecule has 0 saturated carbocycles. The lowest BCUT2D eigenvalue weighted by Gasteiger charge is -2.13. The predicted octanol–water partition coefficient (Wildman–Crippen LogP) is 3.41. The number of carbonyl (C=O) groups excluding carboxylic acids is 2. The summed E-state index contributed by atoms with van der Waals surface area (Å²) in [5, 5.41) is 14.2. The third kappa shape index (κ3) is 5.48. The van der Waals surface area contributed by atoms with Gasteiger partial charge in [-0.25, -0.2) is 4.79 Å². The highest BCUT2D eigenvalue weighted by Crippen LogP contribution is 2.26. The maximum Gasteiger partial charge on any atom is 0.321 e. The Bertz CT molecular complexity index is 1030. The molecule has 2 N–H and O–H groups in total. The molecule has 0 radical (unpaired) electrons. The van der Waals surface area contributed by atoms with Crippen molar-refractivity contribution in [3.05, 3.63) is 71.0 Å². The minimum absolute atomic E-state index is 0.200. The van der Waals surface area contributed by atoms with Crippen LogP contribution in [0.15, 0.2) is 53.7 Å². The van der Waals surface area contributed by atoms with Gasteiger partial charge in [0.1, 0.15) is 5.82 Å². The topological polar surface area (TPSA) is 88.9 Å². The summed E-state index contributed by atoms with van der Waals surface area (Å²) < 4.78 is 2.06. The number of carbonyl (C=O) groups is 2. The van der Waals surface area contributed by atoms with E-state index < -0.39 is 6.03 Å². The Morgan fingerprint density at radius 1 is 1.07 bits per heavy atom. The molecule has 30 heavy (non-hydrogen) atoms. The van der Waals surface area contributed by atoms with Crippen molar-refractivity contribution in [2.75, 3.05) is 12.8 Å². The first-order valence-electron chi connectivity index (χ1n) is 9.68. The lowest BCUT2D eigenvalue weighted by Crippen LogP contribution is -2.37. The van der Waals surface area contributed by atoms with Crippen molar-refractivity contribution in [1.82, 2.24) is 25.4 Å². The molecule has 1 heterocycles. The van der Waals surface area contributed by atoms with Gasteiger partial charge in [0, 0.05) is 25.6 Å². The molecule has 3 rings (SSSR count). The molecule has 0 saturated heterocycles. The zero-order valence-electron chi connectivity index (χ0n) is 17.3. The van der Waals surface area contributed by atoms with Gasteiger partial charge in [0.25, 0.3) is 0 Å². The minimum atomic E-state index is -0.506. The average Bonchev–Trinajstić information content (AvgIpc) is 3.11. The summed E-state index contributed by atoms with van der Waals surface area (Å²) in [6.45, 7) is 4.13.